The number of hydrogen-bond donors (Lipinski definition) is 1. The van der Waals surface area contributed by atoms with Gasteiger partial charge in [0, 0.05) is 22.8 Å². The van der Waals surface area contributed by atoms with Gasteiger partial charge in [-0.15, -0.1) is 0 Å². The summed E-state index contributed by atoms with van der Waals surface area (Å²) in [6.07, 6.45) is 0.997. The van der Waals surface area contributed by atoms with Crippen molar-refractivity contribution in [2.24, 2.45) is 0 Å². The smallest absolute Gasteiger partial charge is 0.335 e. The summed E-state index contributed by atoms with van der Waals surface area (Å²) in [5.41, 5.74) is 3.86. The summed E-state index contributed by atoms with van der Waals surface area (Å²) in [5.74, 6) is -0.981. The van der Waals surface area contributed by atoms with E-state index in [0.717, 1.165) is 35.5 Å². The molecular weight excluding hydrogens is 276 g/mol. The van der Waals surface area contributed by atoms with Gasteiger partial charge in [-0.25, -0.2) is 4.79 Å². The van der Waals surface area contributed by atoms with Crippen molar-refractivity contribution in [3.8, 4) is 11.1 Å². The third kappa shape index (κ3) is 2.70. The molecule has 0 amide bonds. The van der Waals surface area contributed by atoms with Gasteiger partial charge in [-0.2, -0.15) is 5.10 Å². The molecule has 106 valence electrons. The van der Waals surface area contributed by atoms with Crippen LogP contribution in [-0.4, -0.2) is 20.9 Å². The first kappa shape index (κ1) is 14.6. The lowest BCUT2D eigenvalue weighted by Gasteiger charge is -2.06. The van der Waals surface area contributed by atoms with Gasteiger partial charge in [0.2, 0.25) is 0 Å². The van der Waals surface area contributed by atoms with Crippen LogP contribution in [0.1, 0.15) is 35.1 Å². The number of hydrogen-bond acceptors (Lipinski definition) is 2. The first-order valence-electron chi connectivity index (χ1n) is 6.52. The number of halogens is 1. The second-order valence-corrected chi connectivity index (χ2v) is 5.24. The third-order valence-electron chi connectivity index (χ3n) is 3.25. The van der Waals surface area contributed by atoms with Crippen molar-refractivity contribution >= 4 is 17.6 Å². The molecule has 0 radical (unpaired) electrons. The SMILES string of the molecule is CCCn1nc(C)c(-c2cc(Cl)cc(C(=O)O)c2)c1C. The van der Waals surface area contributed by atoms with E-state index in [9.17, 15) is 4.79 Å². The Morgan fingerprint density at radius 2 is 2.05 bits per heavy atom. The molecule has 0 aliphatic heterocycles. The van der Waals surface area contributed by atoms with Gasteiger partial charge in [-0.05, 0) is 44.0 Å². The maximum atomic E-state index is 11.1. The van der Waals surface area contributed by atoms with Crippen LogP contribution in [0.5, 0.6) is 0 Å². The fraction of sp³-hybridized carbons (Fsp3) is 0.333. The maximum Gasteiger partial charge on any atom is 0.335 e. The minimum absolute atomic E-state index is 0.189. The quantitative estimate of drug-likeness (QED) is 0.929. The topological polar surface area (TPSA) is 55.1 Å². The summed E-state index contributed by atoms with van der Waals surface area (Å²) in [4.78, 5) is 11.1. The van der Waals surface area contributed by atoms with Crippen molar-refractivity contribution in [3.05, 3.63) is 40.2 Å². The van der Waals surface area contributed by atoms with Crippen molar-refractivity contribution in [1.29, 1.82) is 0 Å². The molecule has 1 aromatic carbocycles. The summed E-state index contributed by atoms with van der Waals surface area (Å²) in [7, 11) is 0. The zero-order valence-electron chi connectivity index (χ0n) is 11.8. The van der Waals surface area contributed by atoms with Crippen molar-refractivity contribution in [2.75, 3.05) is 0 Å². The number of aryl methyl sites for hydroxylation is 2. The number of carboxylic acid groups (broad SMARTS) is 1. The Bertz CT molecular complexity index is 662. The Hall–Kier alpha value is -1.81. The second-order valence-electron chi connectivity index (χ2n) is 4.80. The van der Waals surface area contributed by atoms with E-state index < -0.39 is 5.97 Å². The predicted molar refractivity (Wildman–Crippen MR) is 79.4 cm³/mol. The normalized spacial score (nSPS) is 10.8. The van der Waals surface area contributed by atoms with Gasteiger partial charge in [-0.1, -0.05) is 18.5 Å². The first-order chi connectivity index (χ1) is 9.43. The molecule has 0 aliphatic carbocycles. The average Bonchev–Trinajstić information content (AvgIpc) is 2.64. The number of carboxylic acids is 1. The molecule has 1 heterocycles. The summed E-state index contributed by atoms with van der Waals surface area (Å²) in [6.45, 7) is 6.86. The van der Waals surface area contributed by atoms with Crippen LogP contribution in [0.2, 0.25) is 5.02 Å². The van der Waals surface area contributed by atoms with E-state index in [1.807, 2.05) is 18.5 Å². The van der Waals surface area contributed by atoms with E-state index >= 15 is 0 Å². The van der Waals surface area contributed by atoms with E-state index in [-0.39, 0.29) is 5.56 Å². The van der Waals surface area contributed by atoms with Gasteiger partial charge in [-0.3, -0.25) is 4.68 Å². The van der Waals surface area contributed by atoms with E-state index in [1.54, 1.807) is 12.1 Å². The molecule has 0 spiro atoms. The molecule has 20 heavy (non-hydrogen) atoms. The van der Waals surface area contributed by atoms with Crippen molar-refractivity contribution < 1.29 is 9.90 Å². The van der Waals surface area contributed by atoms with Crippen LogP contribution in [-0.2, 0) is 6.54 Å². The lowest BCUT2D eigenvalue weighted by atomic mass is 10.0. The molecule has 0 saturated heterocycles. The molecule has 0 saturated carbocycles. The van der Waals surface area contributed by atoms with Crippen LogP contribution in [0, 0.1) is 13.8 Å². The Kier molecular flexibility index (Phi) is 4.14. The largest absolute Gasteiger partial charge is 0.478 e. The van der Waals surface area contributed by atoms with Crippen LogP contribution in [0.3, 0.4) is 0 Å². The number of carbonyl (C=O) groups is 1. The number of nitrogens with zero attached hydrogens (tertiary/aromatic N) is 2. The lowest BCUT2D eigenvalue weighted by molar-refractivity contribution is 0.0697. The van der Waals surface area contributed by atoms with Crippen molar-refractivity contribution in [1.82, 2.24) is 9.78 Å². The van der Waals surface area contributed by atoms with Crippen LogP contribution >= 0.6 is 11.6 Å². The number of benzene rings is 1. The van der Waals surface area contributed by atoms with E-state index in [4.69, 9.17) is 16.7 Å². The van der Waals surface area contributed by atoms with Crippen molar-refractivity contribution in [2.45, 2.75) is 33.7 Å². The fourth-order valence-corrected chi connectivity index (χ4v) is 2.64. The molecule has 0 atom stereocenters. The molecule has 5 heteroatoms. The molecule has 0 unspecified atom stereocenters. The van der Waals surface area contributed by atoms with Gasteiger partial charge < -0.3 is 5.11 Å². The summed E-state index contributed by atoms with van der Waals surface area (Å²) in [6, 6.07) is 4.87. The van der Waals surface area contributed by atoms with Gasteiger partial charge in [0.05, 0.1) is 11.3 Å². The van der Waals surface area contributed by atoms with Gasteiger partial charge in [0.25, 0.3) is 0 Å². The molecule has 1 N–H and O–H groups in total. The highest BCUT2D eigenvalue weighted by molar-refractivity contribution is 6.31. The van der Waals surface area contributed by atoms with E-state index in [1.165, 1.54) is 6.07 Å². The highest BCUT2D eigenvalue weighted by atomic mass is 35.5. The number of rotatable bonds is 4. The van der Waals surface area contributed by atoms with Crippen molar-refractivity contribution in [3.63, 3.8) is 0 Å². The molecule has 0 bridgehead atoms. The summed E-state index contributed by atoms with van der Waals surface area (Å²) >= 11 is 6.03. The number of aromatic carboxylic acids is 1. The maximum absolute atomic E-state index is 11.1. The number of aromatic nitrogens is 2. The molecular formula is C15H17ClN2O2. The Morgan fingerprint density at radius 1 is 1.35 bits per heavy atom. The highest BCUT2D eigenvalue weighted by Crippen LogP contribution is 2.30. The predicted octanol–water partition coefficient (Wildman–Crippen LogP) is 3.93. The second kappa shape index (κ2) is 5.67. The summed E-state index contributed by atoms with van der Waals surface area (Å²) in [5, 5.41) is 14.1. The van der Waals surface area contributed by atoms with Crippen LogP contribution < -0.4 is 0 Å². The first-order valence-corrected chi connectivity index (χ1v) is 6.90. The van der Waals surface area contributed by atoms with Gasteiger partial charge in [0.15, 0.2) is 0 Å². The van der Waals surface area contributed by atoms with Gasteiger partial charge in [0.1, 0.15) is 0 Å². The lowest BCUT2D eigenvalue weighted by Crippen LogP contribution is -2.01. The molecule has 2 aromatic rings. The highest BCUT2D eigenvalue weighted by Gasteiger charge is 2.15. The zero-order chi connectivity index (χ0) is 14.9. The Balaban J connectivity index is 2.59. The third-order valence-corrected chi connectivity index (χ3v) is 3.47. The molecule has 0 fully saturated rings. The monoisotopic (exact) mass is 292 g/mol. The van der Waals surface area contributed by atoms with E-state index in [0.29, 0.717) is 5.02 Å². The molecule has 0 aliphatic rings. The Morgan fingerprint density at radius 3 is 2.65 bits per heavy atom. The van der Waals surface area contributed by atoms with Gasteiger partial charge >= 0.3 is 5.97 Å². The van der Waals surface area contributed by atoms with Crippen LogP contribution in [0.25, 0.3) is 11.1 Å². The fourth-order valence-electron chi connectivity index (χ4n) is 2.40. The molecule has 1 aromatic heterocycles. The average molecular weight is 293 g/mol. The zero-order valence-corrected chi connectivity index (χ0v) is 12.5. The molecule has 2 rings (SSSR count). The van der Waals surface area contributed by atoms with E-state index in [2.05, 4.69) is 12.0 Å². The minimum atomic E-state index is -0.981. The van der Waals surface area contributed by atoms with Crippen LogP contribution in [0.4, 0.5) is 0 Å². The summed E-state index contributed by atoms with van der Waals surface area (Å²) < 4.78 is 1.95. The minimum Gasteiger partial charge on any atom is -0.478 e. The van der Waals surface area contributed by atoms with Crippen LogP contribution in [0.15, 0.2) is 18.2 Å². The molecule has 4 nitrogen and oxygen atoms in total. The Labute approximate surface area is 123 Å². The standard InChI is InChI=1S/C15H17ClN2O2/c1-4-5-18-10(3)14(9(2)17-18)11-6-12(15(19)20)8-13(16)7-11/h6-8H,4-5H2,1-3H3,(H,19,20).